The van der Waals surface area contributed by atoms with Gasteiger partial charge in [0.25, 0.3) is 0 Å². The lowest BCUT2D eigenvalue weighted by Crippen LogP contribution is -2.10. The van der Waals surface area contributed by atoms with E-state index in [0.29, 0.717) is 0 Å². The van der Waals surface area contributed by atoms with Crippen LogP contribution in [0, 0.1) is 17.8 Å². The molecule has 0 bridgehead atoms. The van der Waals surface area contributed by atoms with Gasteiger partial charge < -0.3 is 9.84 Å². The van der Waals surface area contributed by atoms with Gasteiger partial charge in [-0.15, -0.1) is 0 Å². The number of aliphatic hydroxyl groups excluding tert-OH is 1. The van der Waals surface area contributed by atoms with E-state index < -0.39 is 6.10 Å². The Morgan fingerprint density at radius 3 is 2.00 bits per heavy atom. The molecule has 0 radical (unpaired) electrons. The molecule has 0 aromatic heterocycles. The van der Waals surface area contributed by atoms with Gasteiger partial charge in [0.2, 0.25) is 0 Å². The minimum absolute atomic E-state index is 0.0382. The highest BCUT2D eigenvalue weighted by atomic mass is 79.9. The molecule has 0 amide bonds. The maximum absolute atomic E-state index is 9.40. The number of aliphatic hydroxyl groups is 1. The molecule has 21 heavy (non-hydrogen) atoms. The lowest BCUT2D eigenvalue weighted by atomic mass is 10.1. The van der Waals surface area contributed by atoms with E-state index in [9.17, 15) is 5.11 Å². The molecule has 3 heteroatoms. The van der Waals surface area contributed by atoms with Gasteiger partial charge in [-0.05, 0) is 62.4 Å². The largest absolute Gasteiger partial charge is 0.457 e. The van der Waals surface area contributed by atoms with Crippen LogP contribution in [0.25, 0.3) is 0 Å². The zero-order valence-electron chi connectivity index (χ0n) is 12.0. The predicted octanol–water partition coefficient (Wildman–Crippen LogP) is 4.61. The fraction of sp³-hybridized carbons (Fsp3) is 0.222. The van der Waals surface area contributed by atoms with Crippen molar-refractivity contribution in [2.45, 2.75) is 20.0 Å². The summed E-state index contributed by atoms with van der Waals surface area (Å²) in [5.41, 5.74) is 0.908. The average molecular weight is 345 g/mol. The molecule has 0 aliphatic heterocycles. The van der Waals surface area contributed by atoms with Crippen LogP contribution in [0.15, 0.2) is 53.0 Å². The third kappa shape index (κ3) is 4.93. The molecule has 0 fully saturated rings. The Labute approximate surface area is 133 Å². The first-order valence-electron chi connectivity index (χ1n) is 6.77. The van der Waals surface area contributed by atoms with Crippen LogP contribution in [0.4, 0.5) is 0 Å². The van der Waals surface area contributed by atoms with Crippen LogP contribution >= 0.6 is 15.9 Å². The molecule has 2 unspecified atom stereocenters. The van der Waals surface area contributed by atoms with Gasteiger partial charge in [-0.2, -0.15) is 0 Å². The third-order valence-corrected chi connectivity index (χ3v) is 3.60. The summed E-state index contributed by atoms with van der Waals surface area (Å²) in [5, 5.41) is 9.40. The van der Waals surface area contributed by atoms with Gasteiger partial charge in [0.05, 0.1) is 6.10 Å². The number of hydrogen-bond acceptors (Lipinski definition) is 2. The van der Waals surface area contributed by atoms with E-state index in [2.05, 4.69) is 27.8 Å². The van der Waals surface area contributed by atoms with E-state index in [1.54, 1.807) is 6.92 Å². The van der Waals surface area contributed by atoms with Crippen molar-refractivity contribution in [1.82, 2.24) is 0 Å². The Kier molecular flexibility index (Phi) is 5.44. The van der Waals surface area contributed by atoms with Crippen molar-refractivity contribution < 1.29 is 9.84 Å². The van der Waals surface area contributed by atoms with Crippen molar-refractivity contribution in [3.63, 3.8) is 0 Å². The molecule has 0 aliphatic carbocycles. The molecule has 108 valence electrons. The van der Waals surface area contributed by atoms with E-state index in [4.69, 9.17) is 4.74 Å². The SMILES string of the molecule is CC(O)C(C)C#Cc1ccc(Oc2ccc(Br)cc2)cc1. The maximum atomic E-state index is 9.40. The minimum Gasteiger partial charge on any atom is -0.457 e. The second-order valence-corrected chi connectivity index (χ2v) is 5.79. The van der Waals surface area contributed by atoms with Crippen molar-refractivity contribution >= 4 is 15.9 Å². The standard InChI is InChI=1S/C18H17BrO2/c1-13(14(2)20)3-4-15-5-9-17(10-6-15)21-18-11-7-16(19)8-12-18/h5-14,20H,1-2H3. The molecule has 1 N–H and O–H groups in total. The average Bonchev–Trinajstić information content (AvgIpc) is 2.48. The Bertz CT molecular complexity index is 634. The summed E-state index contributed by atoms with van der Waals surface area (Å²) in [4.78, 5) is 0. The van der Waals surface area contributed by atoms with Crippen LogP contribution < -0.4 is 4.74 Å². The molecule has 0 aliphatic rings. The Hall–Kier alpha value is -1.76. The summed E-state index contributed by atoms with van der Waals surface area (Å²) < 4.78 is 6.76. The molecule has 0 saturated carbocycles. The summed E-state index contributed by atoms with van der Waals surface area (Å²) in [6.07, 6.45) is -0.419. The van der Waals surface area contributed by atoms with Crippen LogP contribution in [-0.2, 0) is 0 Å². The van der Waals surface area contributed by atoms with E-state index in [1.165, 1.54) is 0 Å². The highest BCUT2D eigenvalue weighted by molar-refractivity contribution is 9.10. The van der Waals surface area contributed by atoms with Crippen LogP contribution in [0.5, 0.6) is 11.5 Å². The van der Waals surface area contributed by atoms with Crippen molar-refractivity contribution in [3.8, 4) is 23.3 Å². The Balaban J connectivity index is 2.03. The topological polar surface area (TPSA) is 29.5 Å². The maximum Gasteiger partial charge on any atom is 0.127 e. The van der Waals surface area contributed by atoms with E-state index >= 15 is 0 Å². The summed E-state index contributed by atoms with van der Waals surface area (Å²) in [6, 6.07) is 15.3. The molecular weight excluding hydrogens is 328 g/mol. The third-order valence-electron chi connectivity index (χ3n) is 3.07. The van der Waals surface area contributed by atoms with Crippen molar-refractivity contribution in [3.05, 3.63) is 58.6 Å². The fourth-order valence-electron chi connectivity index (χ4n) is 1.56. The number of hydrogen-bond donors (Lipinski definition) is 1. The van der Waals surface area contributed by atoms with Gasteiger partial charge in [-0.3, -0.25) is 0 Å². The minimum atomic E-state index is -0.419. The number of halogens is 1. The Morgan fingerprint density at radius 2 is 1.48 bits per heavy atom. The Morgan fingerprint density at radius 1 is 0.952 bits per heavy atom. The second kappa shape index (κ2) is 7.31. The van der Waals surface area contributed by atoms with E-state index in [-0.39, 0.29) is 5.92 Å². The number of ether oxygens (including phenoxy) is 1. The summed E-state index contributed by atoms with van der Waals surface area (Å²) in [5.74, 6) is 7.60. The van der Waals surface area contributed by atoms with Crippen LogP contribution in [0.2, 0.25) is 0 Å². The second-order valence-electron chi connectivity index (χ2n) is 4.88. The zero-order valence-corrected chi connectivity index (χ0v) is 13.6. The fourth-order valence-corrected chi connectivity index (χ4v) is 1.83. The van der Waals surface area contributed by atoms with Crippen molar-refractivity contribution in [2.24, 2.45) is 5.92 Å². The molecule has 2 atom stereocenters. The molecule has 0 heterocycles. The highest BCUT2D eigenvalue weighted by Gasteiger charge is 2.03. The normalized spacial score (nSPS) is 13.0. The van der Waals surface area contributed by atoms with E-state index in [0.717, 1.165) is 21.5 Å². The summed E-state index contributed by atoms with van der Waals surface area (Å²) >= 11 is 3.39. The van der Waals surface area contributed by atoms with Gasteiger partial charge >= 0.3 is 0 Å². The van der Waals surface area contributed by atoms with Crippen LogP contribution in [0.1, 0.15) is 19.4 Å². The van der Waals surface area contributed by atoms with Crippen molar-refractivity contribution in [2.75, 3.05) is 0 Å². The quantitative estimate of drug-likeness (QED) is 0.824. The molecule has 2 aromatic rings. The van der Waals surface area contributed by atoms with Crippen molar-refractivity contribution in [1.29, 1.82) is 0 Å². The molecule has 0 saturated heterocycles. The predicted molar refractivity (Wildman–Crippen MR) is 88.4 cm³/mol. The number of benzene rings is 2. The lowest BCUT2D eigenvalue weighted by molar-refractivity contribution is 0.161. The first kappa shape index (κ1) is 15.6. The molecule has 0 spiro atoms. The smallest absolute Gasteiger partial charge is 0.127 e. The highest BCUT2D eigenvalue weighted by Crippen LogP contribution is 2.23. The van der Waals surface area contributed by atoms with Crippen LogP contribution in [-0.4, -0.2) is 11.2 Å². The van der Waals surface area contributed by atoms with Gasteiger partial charge in [0, 0.05) is 16.0 Å². The monoisotopic (exact) mass is 344 g/mol. The molecule has 2 aromatic carbocycles. The molecular formula is C18H17BrO2. The van der Waals surface area contributed by atoms with E-state index in [1.807, 2.05) is 55.5 Å². The lowest BCUT2D eigenvalue weighted by Gasteiger charge is -2.06. The first-order valence-corrected chi connectivity index (χ1v) is 7.57. The first-order chi connectivity index (χ1) is 10.0. The van der Waals surface area contributed by atoms with Gasteiger partial charge in [-0.1, -0.05) is 27.8 Å². The van der Waals surface area contributed by atoms with Crippen LogP contribution in [0.3, 0.4) is 0 Å². The van der Waals surface area contributed by atoms with Gasteiger partial charge in [0.15, 0.2) is 0 Å². The van der Waals surface area contributed by atoms with Gasteiger partial charge in [-0.25, -0.2) is 0 Å². The molecule has 2 rings (SSSR count). The summed E-state index contributed by atoms with van der Waals surface area (Å²) in [6.45, 7) is 3.65. The summed E-state index contributed by atoms with van der Waals surface area (Å²) in [7, 11) is 0. The van der Waals surface area contributed by atoms with Gasteiger partial charge in [0.1, 0.15) is 11.5 Å². The zero-order chi connectivity index (χ0) is 15.2. The number of rotatable bonds is 3. The molecule has 2 nitrogen and oxygen atoms in total.